The molecule has 3 fully saturated rings. The Morgan fingerprint density at radius 1 is 1.11 bits per heavy atom. The molecule has 1 aromatic carbocycles. The highest BCUT2D eigenvalue weighted by Crippen LogP contribution is 2.34. The molecule has 3 aliphatic rings. The van der Waals surface area contributed by atoms with Crippen molar-refractivity contribution in [3.63, 3.8) is 0 Å². The molecule has 5 nitrogen and oxygen atoms in total. The van der Waals surface area contributed by atoms with Crippen LogP contribution in [0.15, 0.2) is 24.3 Å². The van der Waals surface area contributed by atoms with Crippen molar-refractivity contribution in [3.8, 4) is 0 Å². The predicted octanol–water partition coefficient (Wildman–Crippen LogP) is 3.96. The van der Waals surface area contributed by atoms with Gasteiger partial charge in [0.05, 0.1) is 18.8 Å². The number of carbonyl (C=O) groups excluding carboxylic acids is 1. The third-order valence-corrected chi connectivity index (χ3v) is 6.35. The molecule has 1 amide bonds. The number of hydrogen-bond acceptors (Lipinski definition) is 4. The molecule has 6 heteroatoms. The highest BCUT2D eigenvalue weighted by molar-refractivity contribution is 5.68. The topological polar surface area (TPSA) is 64.8 Å². The number of carbonyl (C=O) groups is 1. The summed E-state index contributed by atoms with van der Waals surface area (Å²) in [6, 6.07) is 6.76. The Balaban J connectivity index is 1.27. The van der Waals surface area contributed by atoms with Crippen LogP contribution in [0.1, 0.15) is 62.8 Å². The van der Waals surface area contributed by atoms with Crippen LogP contribution < -0.4 is 5.73 Å². The molecule has 4 rings (SSSR count). The summed E-state index contributed by atoms with van der Waals surface area (Å²) in [4.78, 5) is 14.2. The number of nitrogens with two attached hydrogens (primary N) is 1. The number of amides is 1. The van der Waals surface area contributed by atoms with Gasteiger partial charge in [-0.1, -0.05) is 12.1 Å². The number of rotatable bonds is 5. The van der Waals surface area contributed by atoms with Crippen LogP contribution in [0.5, 0.6) is 0 Å². The SMILES string of the molecule is NC1CCCN(C(=O)OC2CC2)[C@H]1COC1CCC(c2cccc(F)c2)CC1. The molecule has 0 bridgehead atoms. The second-order valence-corrected chi connectivity index (χ2v) is 8.51. The summed E-state index contributed by atoms with van der Waals surface area (Å²) in [5.74, 6) is 0.234. The lowest BCUT2D eigenvalue weighted by atomic mass is 9.82. The maximum atomic E-state index is 13.5. The molecule has 2 aliphatic carbocycles. The van der Waals surface area contributed by atoms with Crippen LogP contribution in [0, 0.1) is 5.82 Å². The van der Waals surface area contributed by atoms with Gasteiger partial charge in [0.1, 0.15) is 11.9 Å². The minimum absolute atomic E-state index is 0.0656. The van der Waals surface area contributed by atoms with Crippen molar-refractivity contribution >= 4 is 6.09 Å². The lowest BCUT2D eigenvalue weighted by molar-refractivity contribution is -0.0258. The fourth-order valence-electron chi connectivity index (χ4n) is 4.48. The quantitative estimate of drug-likeness (QED) is 0.827. The molecule has 1 heterocycles. The molecule has 1 aromatic rings. The summed E-state index contributed by atoms with van der Waals surface area (Å²) < 4.78 is 25.2. The highest BCUT2D eigenvalue weighted by Gasteiger charge is 2.37. The Hall–Kier alpha value is -1.66. The van der Waals surface area contributed by atoms with Gasteiger partial charge in [-0.05, 0) is 75.0 Å². The predicted molar refractivity (Wildman–Crippen MR) is 105 cm³/mol. The van der Waals surface area contributed by atoms with Crippen molar-refractivity contribution in [2.45, 2.75) is 81.6 Å². The van der Waals surface area contributed by atoms with E-state index in [4.69, 9.17) is 15.2 Å². The van der Waals surface area contributed by atoms with E-state index in [0.717, 1.165) is 56.9 Å². The molecule has 1 aliphatic heterocycles. The number of hydrogen-bond donors (Lipinski definition) is 1. The van der Waals surface area contributed by atoms with Crippen LogP contribution in [0.4, 0.5) is 9.18 Å². The van der Waals surface area contributed by atoms with E-state index in [9.17, 15) is 9.18 Å². The van der Waals surface area contributed by atoms with Crippen molar-refractivity contribution in [3.05, 3.63) is 35.6 Å². The molecule has 2 atom stereocenters. The summed E-state index contributed by atoms with van der Waals surface area (Å²) in [7, 11) is 0. The van der Waals surface area contributed by atoms with Gasteiger partial charge in [-0.15, -0.1) is 0 Å². The van der Waals surface area contributed by atoms with Gasteiger partial charge in [-0.2, -0.15) is 0 Å². The third-order valence-electron chi connectivity index (χ3n) is 6.35. The Morgan fingerprint density at radius 3 is 2.57 bits per heavy atom. The zero-order valence-corrected chi connectivity index (χ0v) is 16.4. The van der Waals surface area contributed by atoms with E-state index in [-0.39, 0.29) is 36.2 Å². The van der Waals surface area contributed by atoms with E-state index >= 15 is 0 Å². The zero-order valence-electron chi connectivity index (χ0n) is 16.4. The Bertz CT molecular complexity index is 674. The Morgan fingerprint density at radius 2 is 1.86 bits per heavy atom. The monoisotopic (exact) mass is 390 g/mol. The normalized spacial score (nSPS) is 30.9. The molecule has 1 unspecified atom stereocenters. The van der Waals surface area contributed by atoms with Crippen molar-refractivity contribution < 1.29 is 18.7 Å². The smallest absolute Gasteiger partial charge is 0.410 e. The van der Waals surface area contributed by atoms with Crippen LogP contribution >= 0.6 is 0 Å². The molecular weight excluding hydrogens is 359 g/mol. The Kier molecular flexibility index (Phi) is 6.16. The van der Waals surface area contributed by atoms with Crippen molar-refractivity contribution in [2.75, 3.05) is 13.2 Å². The largest absolute Gasteiger partial charge is 0.446 e. The second kappa shape index (κ2) is 8.78. The number of halogens is 1. The van der Waals surface area contributed by atoms with E-state index in [1.54, 1.807) is 17.0 Å². The summed E-state index contributed by atoms with van der Waals surface area (Å²) in [6.45, 7) is 1.16. The molecule has 2 saturated carbocycles. The fourth-order valence-corrected chi connectivity index (χ4v) is 4.48. The minimum Gasteiger partial charge on any atom is -0.446 e. The van der Waals surface area contributed by atoms with Crippen LogP contribution in [-0.2, 0) is 9.47 Å². The van der Waals surface area contributed by atoms with Crippen LogP contribution in [-0.4, -0.2) is 48.4 Å². The number of benzene rings is 1. The molecular formula is C22H31FN2O3. The number of ether oxygens (including phenoxy) is 2. The molecule has 0 aromatic heterocycles. The van der Waals surface area contributed by atoms with Gasteiger partial charge < -0.3 is 20.1 Å². The molecule has 28 heavy (non-hydrogen) atoms. The number of nitrogens with zero attached hydrogens (tertiary/aromatic N) is 1. The molecule has 0 spiro atoms. The first-order chi connectivity index (χ1) is 13.6. The van der Waals surface area contributed by atoms with Crippen LogP contribution in [0.3, 0.4) is 0 Å². The molecule has 154 valence electrons. The minimum atomic E-state index is -0.235. The van der Waals surface area contributed by atoms with E-state index in [2.05, 4.69) is 0 Å². The molecule has 1 saturated heterocycles. The Labute approximate surface area is 166 Å². The molecule has 2 N–H and O–H groups in total. The van der Waals surface area contributed by atoms with Crippen molar-refractivity contribution in [1.82, 2.24) is 4.90 Å². The summed E-state index contributed by atoms with van der Waals surface area (Å²) in [5.41, 5.74) is 7.40. The van der Waals surface area contributed by atoms with Crippen LogP contribution in [0.2, 0.25) is 0 Å². The lowest BCUT2D eigenvalue weighted by Gasteiger charge is -2.40. The lowest BCUT2D eigenvalue weighted by Crippen LogP contribution is -2.57. The average molecular weight is 390 g/mol. The summed E-state index contributed by atoms with van der Waals surface area (Å²) >= 11 is 0. The van der Waals surface area contributed by atoms with E-state index in [0.29, 0.717) is 19.1 Å². The number of likely N-dealkylation sites (tertiary alicyclic amines) is 1. The first-order valence-corrected chi connectivity index (χ1v) is 10.7. The van der Waals surface area contributed by atoms with Crippen molar-refractivity contribution in [2.24, 2.45) is 5.73 Å². The average Bonchev–Trinajstić information content (AvgIpc) is 3.51. The zero-order chi connectivity index (χ0) is 19.5. The maximum Gasteiger partial charge on any atom is 0.410 e. The highest BCUT2D eigenvalue weighted by atomic mass is 19.1. The van der Waals surface area contributed by atoms with Gasteiger partial charge >= 0.3 is 6.09 Å². The summed E-state index contributed by atoms with van der Waals surface area (Å²) in [5, 5.41) is 0. The van der Waals surface area contributed by atoms with E-state index in [1.165, 1.54) is 6.07 Å². The second-order valence-electron chi connectivity index (χ2n) is 8.51. The van der Waals surface area contributed by atoms with Gasteiger partial charge in [-0.25, -0.2) is 9.18 Å². The van der Waals surface area contributed by atoms with Gasteiger partial charge in [0.15, 0.2) is 0 Å². The van der Waals surface area contributed by atoms with E-state index < -0.39 is 0 Å². The third kappa shape index (κ3) is 4.84. The van der Waals surface area contributed by atoms with Crippen molar-refractivity contribution in [1.29, 1.82) is 0 Å². The van der Waals surface area contributed by atoms with Gasteiger partial charge in [0, 0.05) is 12.6 Å². The maximum absolute atomic E-state index is 13.5. The molecule has 0 radical (unpaired) electrons. The van der Waals surface area contributed by atoms with E-state index in [1.807, 2.05) is 6.07 Å². The van der Waals surface area contributed by atoms with Crippen LogP contribution in [0.25, 0.3) is 0 Å². The number of piperidine rings is 1. The fraction of sp³-hybridized carbons (Fsp3) is 0.682. The standard InChI is InChI=1S/C22H31FN2O3/c23-17-4-1-3-16(13-17)15-6-8-18(9-7-15)27-14-21-20(24)5-2-12-25(21)22(26)28-19-10-11-19/h1,3-4,13,15,18-21H,2,5-12,14,24H2/t15?,18?,20?,21-/m0/s1. The van der Waals surface area contributed by atoms with Gasteiger partial charge in [0.2, 0.25) is 0 Å². The first-order valence-electron chi connectivity index (χ1n) is 10.7. The summed E-state index contributed by atoms with van der Waals surface area (Å²) in [6.07, 6.45) is 7.72. The van der Waals surface area contributed by atoms with Gasteiger partial charge in [-0.3, -0.25) is 0 Å². The first kappa shape index (κ1) is 19.6. The van der Waals surface area contributed by atoms with Gasteiger partial charge in [0.25, 0.3) is 0 Å².